The lowest BCUT2D eigenvalue weighted by Gasteiger charge is -2.18. The van der Waals surface area contributed by atoms with Crippen LogP contribution in [-0.2, 0) is 14.3 Å². The molecule has 0 amide bonds. The van der Waals surface area contributed by atoms with Crippen LogP contribution in [0.25, 0.3) is 0 Å². The number of hydrogen-bond acceptors (Lipinski definition) is 3. The van der Waals surface area contributed by atoms with Crippen molar-refractivity contribution in [3.05, 3.63) is 0 Å². The SMILES string of the molecule is COC1(OC)C(=O)C1(C)CC(C)C. The van der Waals surface area contributed by atoms with Gasteiger partial charge in [-0.05, 0) is 19.3 Å². The van der Waals surface area contributed by atoms with E-state index in [4.69, 9.17) is 9.47 Å². The Morgan fingerprint density at radius 2 is 1.77 bits per heavy atom. The second-order valence-electron chi connectivity index (χ2n) is 4.28. The highest BCUT2D eigenvalue weighted by atomic mass is 16.7. The van der Waals surface area contributed by atoms with E-state index < -0.39 is 11.2 Å². The van der Waals surface area contributed by atoms with Crippen molar-refractivity contribution in [3.63, 3.8) is 0 Å². The molecule has 0 aromatic carbocycles. The van der Waals surface area contributed by atoms with Gasteiger partial charge in [0.05, 0.1) is 5.41 Å². The minimum absolute atomic E-state index is 0.0682. The molecule has 1 unspecified atom stereocenters. The number of hydrogen-bond donors (Lipinski definition) is 0. The molecule has 1 saturated carbocycles. The van der Waals surface area contributed by atoms with Crippen LogP contribution >= 0.6 is 0 Å². The molecule has 1 aliphatic rings. The van der Waals surface area contributed by atoms with Gasteiger partial charge in [-0.2, -0.15) is 0 Å². The van der Waals surface area contributed by atoms with E-state index in [1.807, 2.05) is 6.92 Å². The zero-order chi connectivity index (χ0) is 10.3. The molecule has 0 aliphatic heterocycles. The molecule has 0 N–H and O–H groups in total. The standard InChI is InChI=1S/C10H18O3/c1-7(2)6-9(3)8(11)10(9,12-4)13-5/h7H,6H2,1-5H3. The first-order valence-electron chi connectivity index (χ1n) is 4.60. The number of carbonyl (C=O) groups excluding carboxylic acids is 1. The van der Waals surface area contributed by atoms with Crippen molar-refractivity contribution < 1.29 is 14.3 Å². The minimum atomic E-state index is -0.961. The van der Waals surface area contributed by atoms with Crippen LogP contribution in [0.2, 0.25) is 0 Å². The van der Waals surface area contributed by atoms with Gasteiger partial charge in [-0.3, -0.25) is 4.79 Å². The van der Waals surface area contributed by atoms with Gasteiger partial charge in [0, 0.05) is 14.2 Å². The Kier molecular flexibility index (Phi) is 2.52. The van der Waals surface area contributed by atoms with Gasteiger partial charge in [0.15, 0.2) is 0 Å². The summed E-state index contributed by atoms with van der Waals surface area (Å²) in [5.41, 5.74) is -0.440. The Morgan fingerprint density at radius 3 is 2.00 bits per heavy atom. The molecular formula is C10H18O3. The zero-order valence-corrected chi connectivity index (χ0v) is 9.01. The summed E-state index contributed by atoms with van der Waals surface area (Å²) in [7, 11) is 3.04. The molecule has 1 rings (SSSR count). The van der Waals surface area contributed by atoms with Crippen molar-refractivity contribution in [2.75, 3.05) is 14.2 Å². The summed E-state index contributed by atoms with van der Waals surface area (Å²) in [5.74, 6) is -0.420. The lowest BCUT2D eigenvalue weighted by Crippen LogP contribution is -2.24. The van der Waals surface area contributed by atoms with Crippen LogP contribution < -0.4 is 0 Å². The first-order chi connectivity index (χ1) is 5.94. The Labute approximate surface area is 79.4 Å². The maximum atomic E-state index is 11.6. The monoisotopic (exact) mass is 186 g/mol. The van der Waals surface area contributed by atoms with E-state index in [1.54, 1.807) is 0 Å². The Balaban J connectivity index is 2.79. The van der Waals surface area contributed by atoms with Crippen molar-refractivity contribution >= 4 is 5.78 Å². The molecule has 1 aliphatic carbocycles. The molecule has 3 heteroatoms. The lowest BCUT2D eigenvalue weighted by molar-refractivity contribution is -0.164. The number of rotatable bonds is 4. The first-order valence-corrected chi connectivity index (χ1v) is 4.60. The van der Waals surface area contributed by atoms with Gasteiger partial charge in [0.25, 0.3) is 0 Å². The number of ether oxygens (including phenoxy) is 2. The summed E-state index contributed by atoms with van der Waals surface area (Å²) in [4.78, 5) is 11.6. The lowest BCUT2D eigenvalue weighted by atomic mass is 9.95. The minimum Gasteiger partial charge on any atom is -0.346 e. The van der Waals surface area contributed by atoms with E-state index in [9.17, 15) is 4.79 Å². The second-order valence-corrected chi connectivity index (χ2v) is 4.28. The summed E-state index contributed by atoms with van der Waals surface area (Å²) in [6.07, 6.45) is 0.813. The summed E-state index contributed by atoms with van der Waals surface area (Å²) in [6, 6.07) is 0. The third kappa shape index (κ3) is 1.22. The van der Waals surface area contributed by atoms with Crippen molar-refractivity contribution in [2.45, 2.75) is 33.0 Å². The van der Waals surface area contributed by atoms with E-state index in [2.05, 4.69) is 13.8 Å². The van der Waals surface area contributed by atoms with Gasteiger partial charge >= 0.3 is 0 Å². The normalized spacial score (nSPS) is 31.1. The molecule has 0 aromatic heterocycles. The molecule has 1 fully saturated rings. The fourth-order valence-electron chi connectivity index (χ4n) is 2.25. The van der Waals surface area contributed by atoms with Crippen LogP contribution in [0, 0.1) is 11.3 Å². The van der Waals surface area contributed by atoms with Crippen LogP contribution in [-0.4, -0.2) is 25.8 Å². The molecule has 13 heavy (non-hydrogen) atoms. The highest BCUT2D eigenvalue weighted by Crippen LogP contribution is 2.58. The summed E-state index contributed by atoms with van der Waals surface area (Å²) < 4.78 is 10.3. The van der Waals surface area contributed by atoms with E-state index in [0.29, 0.717) is 5.92 Å². The summed E-state index contributed by atoms with van der Waals surface area (Å²) >= 11 is 0. The van der Waals surface area contributed by atoms with E-state index in [0.717, 1.165) is 6.42 Å². The van der Waals surface area contributed by atoms with Crippen LogP contribution in [0.3, 0.4) is 0 Å². The van der Waals surface area contributed by atoms with Crippen molar-refractivity contribution in [1.82, 2.24) is 0 Å². The van der Waals surface area contributed by atoms with Crippen molar-refractivity contribution in [3.8, 4) is 0 Å². The smallest absolute Gasteiger partial charge is 0.242 e. The predicted octanol–water partition coefficient (Wildman–Crippen LogP) is 1.61. The molecule has 0 spiro atoms. The van der Waals surface area contributed by atoms with Gasteiger partial charge in [0.1, 0.15) is 0 Å². The van der Waals surface area contributed by atoms with Crippen LogP contribution in [0.15, 0.2) is 0 Å². The van der Waals surface area contributed by atoms with E-state index in [1.165, 1.54) is 14.2 Å². The third-order valence-corrected chi connectivity index (χ3v) is 2.86. The topological polar surface area (TPSA) is 35.5 Å². The number of Topliss-reactive ketones (excluding diaryl/α,β-unsaturated/α-hetero) is 1. The van der Waals surface area contributed by atoms with Crippen LogP contribution in [0.4, 0.5) is 0 Å². The Hall–Kier alpha value is -0.410. The molecule has 0 aromatic rings. The van der Waals surface area contributed by atoms with Gasteiger partial charge in [-0.1, -0.05) is 13.8 Å². The van der Waals surface area contributed by atoms with E-state index >= 15 is 0 Å². The molecule has 3 nitrogen and oxygen atoms in total. The average Bonchev–Trinajstić information content (AvgIpc) is 2.48. The maximum absolute atomic E-state index is 11.6. The second kappa shape index (κ2) is 3.07. The predicted molar refractivity (Wildman–Crippen MR) is 49.3 cm³/mol. The fourth-order valence-corrected chi connectivity index (χ4v) is 2.25. The van der Waals surface area contributed by atoms with E-state index in [-0.39, 0.29) is 5.78 Å². The molecule has 0 bridgehead atoms. The fraction of sp³-hybridized carbons (Fsp3) is 0.900. The number of carbonyl (C=O) groups is 1. The third-order valence-electron chi connectivity index (χ3n) is 2.86. The maximum Gasteiger partial charge on any atom is 0.242 e. The van der Waals surface area contributed by atoms with Crippen LogP contribution in [0.5, 0.6) is 0 Å². The quantitative estimate of drug-likeness (QED) is 0.626. The average molecular weight is 186 g/mol. The molecular weight excluding hydrogens is 168 g/mol. The Bertz CT molecular complexity index is 218. The molecule has 0 saturated heterocycles. The molecule has 0 heterocycles. The van der Waals surface area contributed by atoms with Gasteiger partial charge in [-0.15, -0.1) is 0 Å². The Morgan fingerprint density at radius 1 is 1.31 bits per heavy atom. The number of methoxy groups -OCH3 is 2. The zero-order valence-electron chi connectivity index (χ0n) is 9.01. The van der Waals surface area contributed by atoms with Crippen molar-refractivity contribution in [2.24, 2.45) is 11.3 Å². The largest absolute Gasteiger partial charge is 0.346 e. The van der Waals surface area contributed by atoms with Gasteiger partial charge in [0.2, 0.25) is 11.6 Å². The van der Waals surface area contributed by atoms with Crippen molar-refractivity contribution in [1.29, 1.82) is 0 Å². The van der Waals surface area contributed by atoms with Gasteiger partial charge < -0.3 is 9.47 Å². The molecule has 0 radical (unpaired) electrons. The van der Waals surface area contributed by atoms with Crippen LogP contribution in [0.1, 0.15) is 27.2 Å². The molecule has 1 atom stereocenters. The summed E-state index contributed by atoms with van der Waals surface area (Å²) in [6.45, 7) is 6.09. The highest BCUT2D eigenvalue weighted by molar-refractivity contribution is 6.09. The number of ketones is 1. The highest BCUT2D eigenvalue weighted by Gasteiger charge is 2.77. The first kappa shape index (κ1) is 10.7. The summed E-state index contributed by atoms with van der Waals surface area (Å²) in [5, 5.41) is 0. The van der Waals surface area contributed by atoms with Gasteiger partial charge in [-0.25, -0.2) is 0 Å². The molecule has 76 valence electrons.